The van der Waals surface area contributed by atoms with Crippen LogP contribution in [0.4, 0.5) is 4.79 Å². The van der Waals surface area contributed by atoms with Crippen molar-refractivity contribution in [1.82, 2.24) is 8.43 Å². The van der Waals surface area contributed by atoms with Gasteiger partial charge < -0.3 is 4.90 Å². The molecule has 0 saturated carbocycles. The largest absolute Gasteiger partial charge is 0.326 e. The van der Waals surface area contributed by atoms with Gasteiger partial charge in [-0.3, -0.25) is 3.53 Å². The maximum atomic E-state index is 10.8. The van der Waals surface area contributed by atoms with Crippen molar-refractivity contribution in [2.45, 2.75) is 12.8 Å². The molecular weight excluding hydrogens is 231 g/mol. The maximum Gasteiger partial charge on any atom is 0.326 e. The lowest BCUT2D eigenvalue weighted by Gasteiger charge is -2.12. The molecule has 1 fully saturated rings. The van der Waals surface area contributed by atoms with Gasteiger partial charge in [0.25, 0.3) is 0 Å². The van der Waals surface area contributed by atoms with Crippen molar-refractivity contribution < 1.29 is 4.79 Å². The SMILES string of the molecule is O=C(NI)N1CCCC1. The van der Waals surface area contributed by atoms with Crippen molar-refractivity contribution in [2.24, 2.45) is 0 Å². The first-order valence-corrected chi connectivity index (χ1v) is 4.08. The van der Waals surface area contributed by atoms with Crippen molar-refractivity contribution in [3.8, 4) is 0 Å². The van der Waals surface area contributed by atoms with E-state index in [1.165, 1.54) is 0 Å². The second-order valence-electron chi connectivity index (χ2n) is 2.09. The molecule has 0 bridgehead atoms. The minimum absolute atomic E-state index is 0.0492. The van der Waals surface area contributed by atoms with Crippen molar-refractivity contribution >= 4 is 28.9 Å². The van der Waals surface area contributed by atoms with E-state index in [4.69, 9.17) is 0 Å². The summed E-state index contributed by atoms with van der Waals surface area (Å²) in [6, 6.07) is 0.0492. The summed E-state index contributed by atoms with van der Waals surface area (Å²) in [5.74, 6) is 0. The summed E-state index contributed by atoms with van der Waals surface area (Å²) in [6.07, 6.45) is 2.31. The van der Waals surface area contributed by atoms with E-state index in [0.29, 0.717) is 0 Å². The molecule has 3 nitrogen and oxygen atoms in total. The Morgan fingerprint density at radius 2 is 2.00 bits per heavy atom. The Labute approximate surface area is 68.3 Å². The average molecular weight is 240 g/mol. The van der Waals surface area contributed by atoms with E-state index < -0.39 is 0 Å². The second-order valence-corrected chi connectivity index (χ2v) is 2.63. The predicted octanol–water partition coefficient (Wildman–Crippen LogP) is 1.14. The highest BCUT2D eigenvalue weighted by Gasteiger charge is 2.15. The van der Waals surface area contributed by atoms with Crippen LogP contribution in [0, 0.1) is 0 Å². The number of carbonyl (C=O) groups is 1. The van der Waals surface area contributed by atoms with Crippen molar-refractivity contribution in [2.75, 3.05) is 13.1 Å². The Hall–Kier alpha value is -0.0000000000000000555. The molecular formula is C5H9IN2O. The lowest BCUT2D eigenvalue weighted by molar-refractivity contribution is 0.216. The molecule has 52 valence electrons. The van der Waals surface area contributed by atoms with E-state index >= 15 is 0 Å². The molecule has 1 saturated heterocycles. The molecule has 0 aromatic heterocycles. The van der Waals surface area contributed by atoms with Crippen LogP contribution in [0.5, 0.6) is 0 Å². The lowest BCUT2D eigenvalue weighted by atomic mass is 10.4. The van der Waals surface area contributed by atoms with Crippen LogP contribution in [-0.2, 0) is 0 Å². The highest BCUT2D eigenvalue weighted by atomic mass is 127. The summed E-state index contributed by atoms with van der Waals surface area (Å²) in [4.78, 5) is 12.6. The molecule has 0 aliphatic carbocycles. The van der Waals surface area contributed by atoms with E-state index in [0.717, 1.165) is 25.9 Å². The van der Waals surface area contributed by atoms with Crippen LogP contribution in [0.15, 0.2) is 0 Å². The van der Waals surface area contributed by atoms with E-state index in [1.807, 2.05) is 27.8 Å². The number of amides is 2. The lowest BCUT2D eigenvalue weighted by Crippen LogP contribution is -2.32. The van der Waals surface area contributed by atoms with Crippen molar-refractivity contribution in [3.05, 3.63) is 0 Å². The standard InChI is InChI=1S/C5H9IN2O/c6-7-5(9)8-3-1-2-4-8/h1-4H2,(H,7,9). The van der Waals surface area contributed by atoms with Gasteiger partial charge in [-0.05, 0) is 12.8 Å². The van der Waals surface area contributed by atoms with Gasteiger partial charge in [-0.25, -0.2) is 4.79 Å². The number of nitrogens with one attached hydrogen (secondary N) is 1. The number of rotatable bonds is 0. The number of urea groups is 1. The van der Waals surface area contributed by atoms with Gasteiger partial charge >= 0.3 is 6.03 Å². The number of hydrogen-bond acceptors (Lipinski definition) is 1. The summed E-state index contributed by atoms with van der Waals surface area (Å²) < 4.78 is 2.56. The van der Waals surface area contributed by atoms with Gasteiger partial charge in [-0.1, -0.05) is 0 Å². The van der Waals surface area contributed by atoms with Gasteiger partial charge in [0.15, 0.2) is 0 Å². The van der Waals surface area contributed by atoms with Crippen LogP contribution in [0.25, 0.3) is 0 Å². The number of carbonyl (C=O) groups excluding carboxylic acids is 1. The van der Waals surface area contributed by atoms with E-state index in [2.05, 4.69) is 3.53 Å². The molecule has 2 amide bonds. The molecule has 1 aliphatic rings. The van der Waals surface area contributed by atoms with E-state index in [9.17, 15) is 4.79 Å². The first-order chi connectivity index (χ1) is 4.34. The minimum atomic E-state index is 0.0492. The van der Waals surface area contributed by atoms with Crippen molar-refractivity contribution in [3.63, 3.8) is 0 Å². The molecule has 0 spiro atoms. The van der Waals surface area contributed by atoms with Gasteiger partial charge in [0, 0.05) is 13.1 Å². The Bertz CT molecular complexity index is 112. The van der Waals surface area contributed by atoms with Gasteiger partial charge in [0.05, 0.1) is 22.9 Å². The van der Waals surface area contributed by atoms with Crippen molar-refractivity contribution in [1.29, 1.82) is 0 Å². The van der Waals surface area contributed by atoms with E-state index in [-0.39, 0.29) is 6.03 Å². The zero-order valence-corrected chi connectivity index (χ0v) is 7.22. The third-order valence-electron chi connectivity index (χ3n) is 1.47. The molecule has 0 atom stereocenters. The third-order valence-corrected chi connectivity index (χ3v) is 1.94. The summed E-state index contributed by atoms with van der Waals surface area (Å²) in [5.41, 5.74) is 0. The minimum Gasteiger partial charge on any atom is -0.324 e. The summed E-state index contributed by atoms with van der Waals surface area (Å²) >= 11 is 1.86. The molecule has 9 heavy (non-hydrogen) atoms. The quantitative estimate of drug-likeness (QED) is 0.499. The fourth-order valence-electron chi connectivity index (χ4n) is 0.980. The highest BCUT2D eigenvalue weighted by Crippen LogP contribution is 2.06. The summed E-state index contributed by atoms with van der Waals surface area (Å²) in [7, 11) is 0. The number of nitrogens with zero attached hydrogens (tertiary/aromatic N) is 1. The molecule has 0 aromatic rings. The fourth-order valence-corrected chi connectivity index (χ4v) is 1.32. The third kappa shape index (κ3) is 1.70. The van der Waals surface area contributed by atoms with Crippen LogP contribution in [0.1, 0.15) is 12.8 Å². The molecule has 0 unspecified atom stereocenters. The van der Waals surface area contributed by atoms with Crippen LogP contribution < -0.4 is 3.53 Å². The average Bonchev–Trinajstić information content (AvgIpc) is 2.37. The van der Waals surface area contributed by atoms with Crippen LogP contribution >= 0.6 is 22.9 Å². The van der Waals surface area contributed by atoms with Crippen LogP contribution in [0.2, 0.25) is 0 Å². The number of halogens is 1. The Kier molecular flexibility index (Phi) is 2.56. The molecule has 1 rings (SSSR count). The predicted molar refractivity (Wildman–Crippen MR) is 43.4 cm³/mol. The van der Waals surface area contributed by atoms with Crippen LogP contribution in [-0.4, -0.2) is 24.0 Å². The van der Waals surface area contributed by atoms with Gasteiger partial charge in [0.1, 0.15) is 0 Å². The molecule has 4 heteroatoms. The topological polar surface area (TPSA) is 32.3 Å². The Balaban J connectivity index is 2.32. The fraction of sp³-hybridized carbons (Fsp3) is 0.800. The normalized spacial score (nSPS) is 18.1. The monoisotopic (exact) mass is 240 g/mol. The summed E-state index contributed by atoms with van der Waals surface area (Å²) in [6.45, 7) is 1.85. The first kappa shape index (κ1) is 7.11. The number of hydrogen-bond donors (Lipinski definition) is 1. The first-order valence-electron chi connectivity index (χ1n) is 3.00. The van der Waals surface area contributed by atoms with Crippen LogP contribution in [0.3, 0.4) is 0 Å². The molecule has 1 heterocycles. The molecule has 0 aromatic carbocycles. The zero-order valence-electron chi connectivity index (χ0n) is 5.06. The number of likely N-dealkylation sites (tertiary alicyclic amines) is 1. The van der Waals surface area contributed by atoms with Gasteiger partial charge in [-0.2, -0.15) is 0 Å². The van der Waals surface area contributed by atoms with Gasteiger partial charge in [0.2, 0.25) is 0 Å². The zero-order chi connectivity index (χ0) is 6.69. The summed E-state index contributed by atoms with van der Waals surface area (Å²) in [5, 5.41) is 0. The Morgan fingerprint density at radius 3 is 2.44 bits per heavy atom. The van der Waals surface area contributed by atoms with Gasteiger partial charge in [-0.15, -0.1) is 0 Å². The van der Waals surface area contributed by atoms with E-state index in [1.54, 1.807) is 0 Å². The highest BCUT2D eigenvalue weighted by molar-refractivity contribution is 14.1. The molecule has 1 aliphatic heterocycles. The smallest absolute Gasteiger partial charge is 0.324 e. The molecule has 1 N–H and O–H groups in total. The maximum absolute atomic E-state index is 10.8. The Morgan fingerprint density at radius 1 is 1.44 bits per heavy atom. The molecule has 0 radical (unpaired) electrons. The second kappa shape index (κ2) is 3.24.